The third-order valence-electron chi connectivity index (χ3n) is 6.46. The van der Waals surface area contributed by atoms with Gasteiger partial charge in [-0.05, 0) is 55.9 Å². The molecule has 2 aliphatic heterocycles. The van der Waals surface area contributed by atoms with Crippen LogP contribution >= 0.6 is 11.3 Å². The van der Waals surface area contributed by atoms with Gasteiger partial charge in [0, 0.05) is 31.1 Å². The zero-order valence-electron chi connectivity index (χ0n) is 19.7. The van der Waals surface area contributed by atoms with Gasteiger partial charge in [-0.1, -0.05) is 30.3 Å². The predicted molar refractivity (Wildman–Crippen MR) is 139 cm³/mol. The van der Waals surface area contributed by atoms with Crippen molar-refractivity contribution in [2.45, 2.75) is 32.1 Å². The minimum Gasteiger partial charge on any atom is -0.482 e. The summed E-state index contributed by atoms with van der Waals surface area (Å²) in [5.74, 6) is 1.06. The SMILES string of the molecule is O=C(Nc1ccc(N2CCCC2)nc1)c1sc(-c2ccccc2)cc1OCC(=O)N1CCCCC1. The number of carbonyl (C=O) groups excluding carboxylic acids is 2. The molecular formula is C27H30N4O3S. The fourth-order valence-corrected chi connectivity index (χ4v) is 5.54. The van der Waals surface area contributed by atoms with Crippen LogP contribution in [0.5, 0.6) is 5.75 Å². The Morgan fingerprint density at radius 3 is 2.40 bits per heavy atom. The first kappa shape index (κ1) is 23.4. The van der Waals surface area contributed by atoms with Crippen molar-refractivity contribution < 1.29 is 14.3 Å². The highest BCUT2D eigenvalue weighted by molar-refractivity contribution is 7.17. The van der Waals surface area contributed by atoms with E-state index in [1.54, 1.807) is 6.20 Å². The Morgan fingerprint density at radius 1 is 0.943 bits per heavy atom. The molecule has 2 saturated heterocycles. The van der Waals surface area contributed by atoms with Gasteiger partial charge in [-0.15, -0.1) is 11.3 Å². The maximum Gasteiger partial charge on any atom is 0.269 e. The lowest BCUT2D eigenvalue weighted by Gasteiger charge is -2.26. The molecule has 1 aromatic carbocycles. The third kappa shape index (κ3) is 5.65. The highest BCUT2D eigenvalue weighted by Crippen LogP contribution is 2.37. The second kappa shape index (κ2) is 10.9. The first-order chi connectivity index (χ1) is 17.2. The van der Waals surface area contributed by atoms with Crippen LogP contribution in [0.15, 0.2) is 54.7 Å². The number of likely N-dealkylation sites (tertiary alicyclic amines) is 1. The number of benzene rings is 1. The normalized spacial score (nSPS) is 15.8. The summed E-state index contributed by atoms with van der Waals surface area (Å²) >= 11 is 1.36. The van der Waals surface area contributed by atoms with Crippen LogP contribution in [0, 0.1) is 0 Å². The van der Waals surface area contributed by atoms with E-state index in [0.717, 1.165) is 61.7 Å². The Morgan fingerprint density at radius 2 is 1.69 bits per heavy atom. The van der Waals surface area contributed by atoms with Gasteiger partial charge in [0.25, 0.3) is 11.8 Å². The number of rotatable bonds is 7. The van der Waals surface area contributed by atoms with Crippen LogP contribution in [0.3, 0.4) is 0 Å². The Hall–Kier alpha value is -3.39. The van der Waals surface area contributed by atoms with Crippen molar-refractivity contribution in [1.29, 1.82) is 0 Å². The second-order valence-electron chi connectivity index (χ2n) is 8.95. The molecule has 35 heavy (non-hydrogen) atoms. The standard InChI is InChI=1S/C27H30N4O3S/c32-25(31-15-5-2-6-16-31)19-34-22-17-23(20-9-3-1-4-10-20)35-26(22)27(33)29-21-11-12-24(28-18-21)30-13-7-8-14-30/h1,3-4,9-12,17-18H,2,5-8,13-16,19H2,(H,29,33). The molecule has 8 heteroatoms. The van der Waals surface area contributed by atoms with Crippen molar-refractivity contribution in [1.82, 2.24) is 9.88 Å². The molecular weight excluding hydrogens is 460 g/mol. The van der Waals surface area contributed by atoms with E-state index in [-0.39, 0.29) is 18.4 Å². The highest BCUT2D eigenvalue weighted by atomic mass is 32.1. The predicted octanol–water partition coefficient (Wildman–Crippen LogP) is 5.05. The van der Waals surface area contributed by atoms with E-state index in [2.05, 4.69) is 15.2 Å². The number of hydrogen-bond acceptors (Lipinski definition) is 6. The van der Waals surface area contributed by atoms with Crippen molar-refractivity contribution in [3.63, 3.8) is 0 Å². The molecule has 0 unspecified atom stereocenters. The Kier molecular flexibility index (Phi) is 7.28. The first-order valence-electron chi connectivity index (χ1n) is 12.3. The Balaban J connectivity index is 1.32. The van der Waals surface area contributed by atoms with Crippen LogP contribution in [0.4, 0.5) is 11.5 Å². The van der Waals surface area contributed by atoms with Crippen molar-refractivity contribution in [3.8, 4) is 16.2 Å². The fraction of sp³-hybridized carbons (Fsp3) is 0.370. The maximum atomic E-state index is 13.3. The molecule has 2 aliphatic rings. The van der Waals surface area contributed by atoms with Gasteiger partial charge in [0.15, 0.2) is 6.61 Å². The molecule has 0 bridgehead atoms. The summed E-state index contributed by atoms with van der Waals surface area (Å²) in [7, 11) is 0. The fourth-order valence-electron chi connectivity index (χ4n) is 4.54. The molecule has 182 valence electrons. The molecule has 2 fully saturated rings. The van der Waals surface area contributed by atoms with Crippen LogP contribution in [0.2, 0.25) is 0 Å². The molecule has 0 radical (unpaired) electrons. The number of pyridine rings is 1. The van der Waals surface area contributed by atoms with Crippen LogP contribution in [0.1, 0.15) is 41.8 Å². The van der Waals surface area contributed by atoms with E-state index in [4.69, 9.17) is 4.74 Å². The Bertz CT molecular complexity index is 1150. The van der Waals surface area contributed by atoms with Gasteiger partial charge in [-0.25, -0.2) is 4.98 Å². The quantitative estimate of drug-likeness (QED) is 0.501. The minimum absolute atomic E-state index is 0.0368. The molecule has 1 N–H and O–H groups in total. The van der Waals surface area contributed by atoms with E-state index < -0.39 is 0 Å². The van der Waals surface area contributed by atoms with Crippen LogP contribution in [-0.2, 0) is 4.79 Å². The van der Waals surface area contributed by atoms with E-state index in [0.29, 0.717) is 16.3 Å². The summed E-state index contributed by atoms with van der Waals surface area (Å²) in [4.78, 5) is 35.9. The van der Waals surface area contributed by atoms with Gasteiger partial charge in [0.05, 0.1) is 11.9 Å². The molecule has 2 amide bonds. The third-order valence-corrected chi connectivity index (χ3v) is 7.62. The van der Waals surface area contributed by atoms with Crippen LogP contribution in [-0.4, -0.2) is 54.5 Å². The van der Waals surface area contributed by atoms with Crippen molar-refractivity contribution >= 4 is 34.7 Å². The summed E-state index contributed by atoms with van der Waals surface area (Å²) in [6.07, 6.45) is 7.28. The average Bonchev–Trinajstić information content (AvgIpc) is 3.60. The average molecular weight is 491 g/mol. The zero-order valence-corrected chi connectivity index (χ0v) is 20.6. The molecule has 3 aromatic rings. The van der Waals surface area contributed by atoms with Gasteiger partial charge < -0.3 is 19.9 Å². The number of thiophene rings is 1. The summed E-state index contributed by atoms with van der Waals surface area (Å²) < 4.78 is 5.94. The number of piperidine rings is 1. The number of nitrogens with zero attached hydrogens (tertiary/aromatic N) is 3. The lowest BCUT2D eigenvalue weighted by molar-refractivity contribution is -0.134. The van der Waals surface area contributed by atoms with Crippen molar-refractivity contribution in [2.75, 3.05) is 43.0 Å². The van der Waals surface area contributed by atoms with Crippen LogP contribution in [0.25, 0.3) is 10.4 Å². The van der Waals surface area contributed by atoms with Gasteiger partial charge in [0.2, 0.25) is 0 Å². The summed E-state index contributed by atoms with van der Waals surface area (Å²) in [5, 5.41) is 2.95. The van der Waals surface area contributed by atoms with E-state index >= 15 is 0 Å². The molecule has 4 heterocycles. The number of nitrogens with one attached hydrogen (secondary N) is 1. The van der Waals surface area contributed by atoms with Crippen molar-refractivity contribution in [3.05, 3.63) is 59.6 Å². The molecule has 0 aliphatic carbocycles. The number of anilines is 2. The van der Waals surface area contributed by atoms with Gasteiger partial charge in [0.1, 0.15) is 16.4 Å². The molecule has 2 aromatic heterocycles. The molecule has 0 saturated carbocycles. The molecule has 0 atom stereocenters. The van der Waals surface area contributed by atoms with E-state index in [1.807, 2.05) is 53.4 Å². The topological polar surface area (TPSA) is 74.8 Å². The lowest BCUT2D eigenvalue weighted by atomic mass is 10.1. The number of hydrogen-bond donors (Lipinski definition) is 1. The number of amides is 2. The van der Waals surface area contributed by atoms with Gasteiger partial charge in [-0.3, -0.25) is 9.59 Å². The summed E-state index contributed by atoms with van der Waals surface area (Å²) in [6, 6.07) is 15.6. The number of aromatic nitrogens is 1. The first-order valence-corrected chi connectivity index (χ1v) is 13.1. The monoisotopic (exact) mass is 490 g/mol. The Labute approximate surface area is 209 Å². The number of ether oxygens (including phenoxy) is 1. The summed E-state index contributed by atoms with van der Waals surface area (Å²) in [5.41, 5.74) is 1.63. The van der Waals surface area contributed by atoms with Crippen LogP contribution < -0.4 is 15.0 Å². The summed E-state index contributed by atoms with van der Waals surface area (Å²) in [6.45, 7) is 3.51. The lowest BCUT2D eigenvalue weighted by Crippen LogP contribution is -2.38. The van der Waals surface area contributed by atoms with E-state index in [1.165, 1.54) is 24.2 Å². The second-order valence-corrected chi connectivity index (χ2v) is 10.0. The zero-order chi connectivity index (χ0) is 24.0. The van der Waals surface area contributed by atoms with E-state index in [9.17, 15) is 9.59 Å². The van der Waals surface area contributed by atoms with Gasteiger partial charge >= 0.3 is 0 Å². The maximum absolute atomic E-state index is 13.3. The minimum atomic E-state index is -0.270. The largest absolute Gasteiger partial charge is 0.482 e. The van der Waals surface area contributed by atoms with Gasteiger partial charge in [-0.2, -0.15) is 0 Å². The molecule has 5 rings (SSSR count). The number of carbonyl (C=O) groups is 2. The van der Waals surface area contributed by atoms with Crippen molar-refractivity contribution in [2.24, 2.45) is 0 Å². The smallest absolute Gasteiger partial charge is 0.269 e. The highest BCUT2D eigenvalue weighted by Gasteiger charge is 2.22. The molecule has 0 spiro atoms. The molecule has 7 nitrogen and oxygen atoms in total.